The number of carbonyl (C=O) groups is 2. The van der Waals surface area contributed by atoms with E-state index in [0.29, 0.717) is 17.9 Å². The number of halogens is 1. The Labute approximate surface area is 258 Å². The monoisotopic (exact) mass is 657 g/mol. The Morgan fingerprint density at radius 3 is 2.21 bits per heavy atom. The van der Waals surface area contributed by atoms with Crippen molar-refractivity contribution in [1.82, 2.24) is 10.2 Å². The summed E-state index contributed by atoms with van der Waals surface area (Å²) in [5.41, 5.74) is 1.77. The molecule has 0 heterocycles. The van der Waals surface area contributed by atoms with Crippen LogP contribution in [0.5, 0.6) is 5.75 Å². The SMILES string of the molecule is COc1cccc(N(CCCC(=O)N(Cc2ccc(Br)cc2)C(Cc2ccccc2)C(=O)NC(C)(C)C)S(C)(=O)=O)c1. The first kappa shape index (κ1) is 33.1. The fourth-order valence-corrected chi connectivity index (χ4v) is 5.78. The molecule has 0 bridgehead atoms. The van der Waals surface area contributed by atoms with E-state index in [2.05, 4.69) is 21.2 Å². The smallest absolute Gasteiger partial charge is 0.243 e. The summed E-state index contributed by atoms with van der Waals surface area (Å²) in [6.07, 6.45) is 1.80. The standard InChI is InChI=1S/C32H40BrN3O5S/c1-32(2,3)34-31(38)29(21-24-11-7-6-8-12-24)35(23-25-16-18-26(33)19-17-25)30(37)15-10-20-36(42(5,39)40)27-13-9-14-28(22-27)41-4/h6-9,11-14,16-19,22,29H,10,15,20-21,23H2,1-5H3,(H,34,38). The second kappa shape index (κ2) is 14.7. The number of anilines is 1. The second-order valence-corrected chi connectivity index (χ2v) is 14.1. The molecule has 3 rings (SSSR count). The third kappa shape index (κ3) is 10.2. The summed E-state index contributed by atoms with van der Waals surface area (Å²) < 4.78 is 32.8. The highest BCUT2D eigenvalue weighted by Gasteiger charge is 2.32. The van der Waals surface area contributed by atoms with Crippen LogP contribution in [-0.4, -0.2) is 56.6 Å². The van der Waals surface area contributed by atoms with Crippen molar-refractivity contribution < 1.29 is 22.7 Å². The maximum Gasteiger partial charge on any atom is 0.243 e. The zero-order chi connectivity index (χ0) is 30.9. The largest absolute Gasteiger partial charge is 0.497 e. The number of carbonyl (C=O) groups excluding carboxylic acids is 2. The first-order chi connectivity index (χ1) is 19.8. The molecule has 1 atom stereocenters. The molecule has 0 saturated heterocycles. The Kier molecular flexibility index (Phi) is 11.6. The maximum absolute atomic E-state index is 13.9. The van der Waals surface area contributed by atoms with E-state index in [1.165, 1.54) is 11.4 Å². The molecule has 0 aliphatic heterocycles. The molecule has 3 aromatic carbocycles. The van der Waals surface area contributed by atoms with Gasteiger partial charge in [0, 0.05) is 42.0 Å². The molecule has 42 heavy (non-hydrogen) atoms. The van der Waals surface area contributed by atoms with Gasteiger partial charge in [-0.15, -0.1) is 0 Å². The van der Waals surface area contributed by atoms with Crippen LogP contribution in [0.3, 0.4) is 0 Å². The Morgan fingerprint density at radius 1 is 0.952 bits per heavy atom. The normalized spacial score (nSPS) is 12.3. The highest BCUT2D eigenvalue weighted by atomic mass is 79.9. The minimum atomic E-state index is -3.62. The summed E-state index contributed by atoms with van der Waals surface area (Å²) in [7, 11) is -2.10. The van der Waals surface area contributed by atoms with E-state index < -0.39 is 21.6 Å². The Hall–Kier alpha value is -3.37. The van der Waals surface area contributed by atoms with Crippen LogP contribution < -0.4 is 14.4 Å². The van der Waals surface area contributed by atoms with Crippen LogP contribution in [-0.2, 0) is 32.6 Å². The van der Waals surface area contributed by atoms with Crippen LogP contribution >= 0.6 is 15.9 Å². The molecule has 1 N–H and O–H groups in total. The summed E-state index contributed by atoms with van der Waals surface area (Å²) in [6, 6.07) is 23.3. The predicted molar refractivity (Wildman–Crippen MR) is 171 cm³/mol. The Bertz CT molecular complexity index is 1440. The second-order valence-electron chi connectivity index (χ2n) is 11.2. The van der Waals surface area contributed by atoms with Gasteiger partial charge in [-0.2, -0.15) is 0 Å². The molecule has 0 aliphatic rings. The fourth-order valence-electron chi connectivity index (χ4n) is 4.56. The van der Waals surface area contributed by atoms with Crippen molar-refractivity contribution in [1.29, 1.82) is 0 Å². The molecule has 226 valence electrons. The number of hydrogen-bond acceptors (Lipinski definition) is 5. The minimum Gasteiger partial charge on any atom is -0.497 e. The quantitative estimate of drug-likeness (QED) is 0.260. The van der Waals surface area contributed by atoms with Crippen LogP contribution in [0.2, 0.25) is 0 Å². The molecule has 1 unspecified atom stereocenters. The highest BCUT2D eigenvalue weighted by molar-refractivity contribution is 9.10. The number of ether oxygens (including phenoxy) is 1. The maximum atomic E-state index is 13.9. The summed E-state index contributed by atoms with van der Waals surface area (Å²) in [6.45, 7) is 6.05. The lowest BCUT2D eigenvalue weighted by Crippen LogP contribution is -2.54. The molecule has 3 aromatic rings. The molecule has 8 nitrogen and oxygen atoms in total. The zero-order valence-corrected chi connectivity index (χ0v) is 27.2. The number of hydrogen-bond donors (Lipinski definition) is 1. The fraction of sp³-hybridized carbons (Fsp3) is 0.375. The third-order valence-electron chi connectivity index (χ3n) is 6.53. The van der Waals surface area contributed by atoms with Gasteiger partial charge in [0.15, 0.2) is 0 Å². The van der Waals surface area contributed by atoms with E-state index in [0.717, 1.165) is 21.9 Å². The van der Waals surface area contributed by atoms with Gasteiger partial charge < -0.3 is 15.0 Å². The lowest BCUT2D eigenvalue weighted by molar-refractivity contribution is -0.142. The van der Waals surface area contributed by atoms with E-state index in [4.69, 9.17) is 4.74 Å². The van der Waals surface area contributed by atoms with Crippen LogP contribution in [0.15, 0.2) is 83.3 Å². The molecular formula is C32H40BrN3O5S. The number of rotatable bonds is 13. The van der Waals surface area contributed by atoms with Crippen molar-refractivity contribution in [3.8, 4) is 5.75 Å². The first-order valence-corrected chi connectivity index (χ1v) is 16.4. The summed E-state index contributed by atoms with van der Waals surface area (Å²) in [5.74, 6) is 0.0551. The van der Waals surface area contributed by atoms with Gasteiger partial charge in [-0.25, -0.2) is 8.42 Å². The van der Waals surface area contributed by atoms with Gasteiger partial charge in [0.25, 0.3) is 0 Å². The van der Waals surface area contributed by atoms with Crippen LogP contribution in [0.1, 0.15) is 44.7 Å². The molecule has 0 aromatic heterocycles. The van der Waals surface area contributed by atoms with Crippen molar-refractivity contribution in [2.75, 3.05) is 24.2 Å². The van der Waals surface area contributed by atoms with Crippen molar-refractivity contribution >= 4 is 43.5 Å². The zero-order valence-electron chi connectivity index (χ0n) is 24.8. The van der Waals surface area contributed by atoms with Crippen molar-refractivity contribution in [3.63, 3.8) is 0 Å². The number of amides is 2. The molecule has 0 saturated carbocycles. The van der Waals surface area contributed by atoms with E-state index in [1.54, 1.807) is 29.2 Å². The Balaban J connectivity index is 1.90. The van der Waals surface area contributed by atoms with E-state index in [9.17, 15) is 18.0 Å². The van der Waals surface area contributed by atoms with Gasteiger partial charge in [-0.3, -0.25) is 13.9 Å². The number of nitrogens with one attached hydrogen (secondary N) is 1. The van der Waals surface area contributed by atoms with Gasteiger partial charge in [0.1, 0.15) is 11.8 Å². The van der Waals surface area contributed by atoms with Crippen molar-refractivity contribution in [3.05, 3.63) is 94.5 Å². The predicted octanol–water partition coefficient (Wildman–Crippen LogP) is 5.56. The summed E-state index contributed by atoms with van der Waals surface area (Å²) in [5, 5.41) is 3.06. The molecule has 0 radical (unpaired) electrons. The topological polar surface area (TPSA) is 96.0 Å². The molecule has 0 aliphatic carbocycles. The van der Waals surface area contributed by atoms with E-state index in [1.807, 2.05) is 75.4 Å². The molecular weight excluding hydrogens is 618 g/mol. The van der Waals surface area contributed by atoms with Gasteiger partial charge in [0.05, 0.1) is 19.1 Å². The molecule has 0 fully saturated rings. The van der Waals surface area contributed by atoms with Crippen LogP contribution in [0, 0.1) is 0 Å². The number of nitrogens with zero attached hydrogens (tertiary/aromatic N) is 2. The van der Waals surface area contributed by atoms with Gasteiger partial charge in [-0.05, 0) is 62.6 Å². The molecule has 2 amide bonds. The van der Waals surface area contributed by atoms with Gasteiger partial charge >= 0.3 is 0 Å². The molecule has 0 spiro atoms. The average molecular weight is 659 g/mol. The highest BCUT2D eigenvalue weighted by Crippen LogP contribution is 2.24. The van der Waals surface area contributed by atoms with Crippen LogP contribution in [0.4, 0.5) is 5.69 Å². The number of methoxy groups -OCH3 is 1. The summed E-state index contributed by atoms with van der Waals surface area (Å²) >= 11 is 3.46. The van der Waals surface area contributed by atoms with Crippen LogP contribution in [0.25, 0.3) is 0 Å². The van der Waals surface area contributed by atoms with E-state index >= 15 is 0 Å². The van der Waals surface area contributed by atoms with Crippen molar-refractivity contribution in [2.24, 2.45) is 0 Å². The lowest BCUT2D eigenvalue weighted by atomic mass is 10.00. The summed E-state index contributed by atoms with van der Waals surface area (Å²) in [4.78, 5) is 29.3. The number of sulfonamides is 1. The third-order valence-corrected chi connectivity index (χ3v) is 8.25. The van der Waals surface area contributed by atoms with Gasteiger partial charge in [0.2, 0.25) is 21.8 Å². The lowest BCUT2D eigenvalue weighted by Gasteiger charge is -2.34. The Morgan fingerprint density at radius 2 is 1.62 bits per heavy atom. The molecule has 10 heteroatoms. The number of benzene rings is 3. The average Bonchev–Trinajstić information content (AvgIpc) is 2.92. The first-order valence-electron chi connectivity index (χ1n) is 13.8. The minimum absolute atomic E-state index is 0.0562. The van der Waals surface area contributed by atoms with E-state index in [-0.39, 0.29) is 37.7 Å². The van der Waals surface area contributed by atoms with Crippen molar-refractivity contribution in [2.45, 2.75) is 58.2 Å². The van der Waals surface area contributed by atoms with Gasteiger partial charge in [-0.1, -0.05) is 64.5 Å².